The van der Waals surface area contributed by atoms with Gasteiger partial charge in [0, 0.05) is 55.3 Å². The van der Waals surface area contributed by atoms with Crippen LogP contribution in [0.1, 0.15) is 5.56 Å². The molecule has 0 N–H and O–H groups in total. The first kappa shape index (κ1) is 13.6. The number of rotatable bonds is 3. The molecule has 0 bridgehead atoms. The molecule has 0 atom stereocenters. The van der Waals surface area contributed by atoms with Crippen LogP contribution in [0.4, 0.5) is 5.69 Å². The van der Waals surface area contributed by atoms with Gasteiger partial charge in [-0.25, -0.2) is 0 Å². The number of aromatic nitrogens is 1. The number of anilines is 1. The van der Waals surface area contributed by atoms with Gasteiger partial charge in [-0.15, -0.1) is 0 Å². The molecule has 104 valence electrons. The Morgan fingerprint density at radius 2 is 1.75 bits per heavy atom. The van der Waals surface area contributed by atoms with E-state index in [1.807, 2.05) is 18.5 Å². The van der Waals surface area contributed by atoms with Gasteiger partial charge in [0.05, 0.1) is 0 Å². The van der Waals surface area contributed by atoms with Gasteiger partial charge in [-0.3, -0.25) is 9.88 Å². The molecule has 0 radical (unpaired) electrons. The lowest BCUT2D eigenvalue weighted by Crippen LogP contribution is -2.45. The van der Waals surface area contributed by atoms with Crippen LogP contribution in [0, 0.1) is 0 Å². The highest BCUT2D eigenvalue weighted by Crippen LogP contribution is 2.20. The van der Waals surface area contributed by atoms with Gasteiger partial charge >= 0.3 is 0 Å². The van der Waals surface area contributed by atoms with Crippen LogP contribution in [-0.2, 0) is 6.54 Å². The van der Waals surface area contributed by atoms with E-state index in [2.05, 4.69) is 61.0 Å². The SMILES string of the molecule is Brc1ccc(N2CCN(Cc3cccnc3)CC2)cc1. The van der Waals surface area contributed by atoms with E-state index in [-0.39, 0.29) is 0 Å². The Kier molecular flexibility index (Phi) is 4.33. The molecule has 1 aromatic carbocycles. The summed E-state index contributed by atoms with van der Waals surface area (Å²) in [5.41, 5.74) is 2.61. The van der Waals surface area contributed by atoms with E-state index < -0.39 is 0 Å². The second kappa shape index (κ2) is 6.37. The maximum atomic E-state index is 4.18. The van der Waals surface area contributed by atoms with Crippen LogP contribution in [0.3, 0.4) is 0 Å². The molecule has 0 unspecified atom stereocenters. The first-order chi connectivity index (χ1) is 9.81. The van der Waals surface area contributed by atoms with Crippen molar-refractivity contribution in [2.75, 3.05) is 31.1 Å². The van der Waals surface area contributed by atoms with Gasteiger partial charge in [-0.1, -0.05) is 22.0 Å². The molecular weight excluding hydrogens is 314 g/mol. The minimum atomic E-state index is 1.00. The molecule has 2 heterocycles. The van der Waals surface area contributed by atoms with Gasteiger partial charge in [0.1, 0.15) is 0 Å². The van der Waals surface area contributed by atoms with Crippen molar-refractivity contribution in [3.63, 3.8) is 0 Å². The fourth-order valence-corrected chi connectivity index (χ4v) is 2.83. The molecule has 1 aliphatic heterocycles. The number of benzene rings is 1. The number of pyridine rings is 1. The fraction of sp³-hybridized carbons (Fsp3) is 0.312. The Balaban J connectivity index is 1.55. The van der Waals surface area contributed by atoms with Gasteiger partial charge in [0.15, 0.2) is 0 Å². The molecule has 1 saturated heterocycles. The zero-order chi connectivity index (χ0) is 13.8. The fourth-order valence-electron chi connectivity index (χ4n) is 2.57. The third kappa shape index (κ3) is 3.38. The lowest BCUT2D eigenvalue weighted by atomic mass is 10.2. The predicted octanol–water partition coefficient (Wildman–Crippen LogP) is 3.17. The summed E-state index contributed by atoms with van der Waals surface area (Å²) in [6.07, 6.45) is 3.79. The number of halogens is 1. The quantitative estimate of drug-likeness (QED) is 0.861. The molecule has 0 amide bonds. The van der Waals surface area contributed by atoms with Crippen LogP contribution in [0.25, 0.3) is 0 Å². The van der Waals surface area contributed by atoms with Crippen LogP contribution < -0.4 is 4.90 Å². The van der Waals surface area contributed by atoms with Gasteiger partial charge in [-0.05, 0) is 35.9 Å². The molecule has 20 heavy (non-hydrogen) atoms. The Labute approximate surface area is 128 Å². The summed E-state index contributed by atoms with van der Waals surface area (Å²) in [6.45, 7) is 5.38. The maximum absolute atomic E-state index is 4.18. The van der Waals surface area contributed by atoms with E-state index in [4.69, 9.17) is 0 Å². The third-order valence-electron chi connectivity index (χ3n) is 3.69. The van der Waals surface area contributed by atoms with Crippen molar-refractivity contribution in [2.45, 2.75) is 6.54 Å². The Bertz CT molecular complexity index is 533. The van der Waals surface area contributed by atoms with Crippen LogP contribution in [0.15, 0.2) is 53.3 Å². The highest BCUT2D eigenvalue weighted by atomic mass is 79.9. The van der Waals surface area contributed by atoms with Crippen LogP contribution in [0.5, 0.6) is 0 Å². The Hall–Kier alpha value is -1.39. The topological polar surface area (TPSA) is 19.4 Å². The number of piperazine rings is 1. The third-order valence-corrected chi connectivity index (χ3v) is 4.22. The number of nitrogens with zero attached hydrogens (tertiary/aromatic N) is 3. The average molecular weight is 332 g/mol. The van der Waals surface area contributed by atoms with Gasteiger partial charge in [0.25, 0.3) is 0 Å². The molecule has 0 saturated carbocycles. The zero-order valence-electron chi connectivity index (χ0n) is 11.4. The predicted molar refractivity (Wildman–Crippen MR) is 85.9 cm³/mol. The molecule has 1 aromatic heterocycles. The molecular formula is C16H18BrN3. The highest BCUT2D eigenvalue weighted by Gasteiger charge is 2.17. The molecule has 3 rings (SSSR count). The summed E-state index contributed by atoms with van der Waals surface area (Å²) in [4.78, 5) is 9.12. The average Bonchev–Trinajstić information content (AvgIpc) is 2.50. The molecule has 0 aliphatic carbocycles. The van der Waals surface area contributed by atoms with Crippen molar-refractivity contribution >= 4 is 21.6 Å². The minimum absolute atomic E-state index is 1.00. The zero-order valence-corrected chi connectivity index (χ0v) is 13.0. The van der Waals surface area contributed by atoms with Crippen molar-refractivity contribution in [1.82, 2.24) is 9.88 Å². The molecule has 0 spiro atoms. The summed E-state index contributed by atoms with van der Waals surface area (Å²) in [7, 11) is 0. The van der Waals surface area contributed by atoms with E-state index in [1.165, 1.54) is 11.3 Å². The smallest absolute Gasteiger partial charge is 0.0367 e. The van der Waals surface area contributed by atoms with Gasteiger partial charge in [-0.2, -0.15) is 0 Å². The second-order valence-corrected chi connectivity index (χ2v) is 6.02. The molecule has 4 heteroatoms. The summed E-state index contributed by atoms with van der Waals surface area (Å²) in [6, 6.07) is 12.7. The summed E-state index contributed by atoms with van der Waals surface area (Å²) < 4.78 is 1.14. The monoisotopic (exact) mass is 331 g/mol. The number of hydrogen-bond donors (Lipinski definition) is 0. The lowest BCUT2D eigenvalue weighted by Gasteiger charge is -2.36. The van der Waals surface area contributed by atoms with Crippen molar-refractivity contribution in [1.29, 1.82) is 0 Å². The van der Waals surface area contributed by atoms with Crippen LogP contribution in [-0.4, -0.2) is 36.1 Å². The number of hydrogen-bond acceptors (Lipinski definition) is 3. The molecule has 1 aliphatic rings. The standard InChI is InChI=1S/C16H18BrN3/c17-15-3-5-16(6-4-15)20-10-8-19(9-11-20)13-14-2-1-7-18-12-14/h1-7,12H,8-11,13H2. The van der Waals surface area contributed by atoms with Crippen LogP contribution in [0.2, 0.25) is 0 Å². The van der Waals surface area contributed by atoms with Crippen molar-refractivity contribution in [2.24, 2.45) is 0 Å². The van der Waals surface area contributed by atoms with Gasteiger partial charge in [0.2, 0.25) is 0 Å². The summed E-state index contributed by atoms with van der Waals surface area (Å²) in [5.74, 6) is 0. The molecule has 2 aromatic rings. The molecule has 1 fully saturated rings. The maximum Gasteiger partial charge on any atom is 0.0367 e. The lowest BCUT2D eigenvalue weighted by molar-refractivity contribution is 0.249. The van der Waals surface area contributed by atoms with Crippen LogP contribution >= 0.6 is 15.9 Å². The van der Waals surface area contributed by atoms with E-state index >= 15 is 0 Å². The molecule has 3 nitrogen and oxygen atoms in total. The van der Waals surface area contributed by atoms with E-state index in [9.17, 15) is 0 Å². The summed E-state index contributed by atoms with van der Waals surface area (Å²) >= 11 is 3.48. The van der Waals surface area contributed by atoms with E-state index in [1.54, 1.807) is 0 Å². The van der Waals surface area contributed by atoms with Gasteiger partial charge < -0.3 is 4.90 Å². The first-order valence-electron chi connectivity index (χ1n) is 6.93. The second-order valence-electron chi connectivity index (χ2n) is 5.10. The Morgan fingerprint density at radius 1 is 1.00 bits per heavy atom. The highest BCUT2D eigenvalue weighted by molar-refractivity contribution is 9.10. The Morgan fingerprint density at radius 3 is 2.40 bits per heavy atom. The van der Waals surface area contributed by atoms with Crippen molar-refractivity contribution < 1.29 is 0 Å². The largest absolute Gasteiger partial charge is 0.369 e. The van der Waals surface area contributed by atoms with Crippen molar-refractivity contribution in [3.8, 4) is 0 Å². The van der Waals surface area contributed by atoms with Crippen molar-refractivity contribution in [3.05, 3.63) is 58.8 Å². The minimum Gasteiger partial charge on any atom is -0.369 e. The summed E-state index contributed by atoms with van der Waals surface area (Å²) in [5, 5.41) is 0. The van der Waals surface area contributed by atoms with E-state index in [0.29, 0.717) is 0 Å². The normalized spacial score (nSPS) is 16.4. The first-order valence-corrected chi connectivity index (χ1v) is 7.72. The van der Waals surface area contributed by atoms with E-state index in [0.717, 1.165) is 37.2 Å².